The van der Waals surface area contributed by atoms with E-state index in [4.69, 9.17) is 9.47 Å². The van der Waals surface area contributed by atoms with Crippen molar-refractivity contribution in [2.75, 3.05) is 13.2 Å². The smallest absolute Gasteiger partial charge is 0.245 e. The number of benzene rings is 2. The van der Waals surface area contributed by atoms with Gasteiger partial charge < -0.3 is 14.8 Å². The normalized spacial score (nSPS) is 14.8. The molecule has 29 heavy (non-hydrogen) atoms. The van der Waals surface area contributed by atoms with Crippen LogP contribution in [0.15, 0.2) is 53.3 Å². The Kier molecular flexibility index (Phi) is 5.75. The second-order valence-corrected chi connectivity index (χ2v) is 7.60. The molecular weight excluding hydrogens is 438 g/mol. The number of tetrazole rings is 1. The van der Waals surface area contributed by atoms with Crippen LogP contribution in [0.3, 0.4) is 0 Å². The van der Waals surface area contributed by atoms with Crippen LogP contribution in [-0.4, -0.2) is 39.3 Å². The zero-order valence-electron chi connectivity index (χ0n) is 15.8. The summed E-state index contributed by atoms with van der Waals surface area (Å²) in [5.74, 6) is 1.20. The molecular formula is C20H20BrN5O3. The Morgan fingerprint density at radius 1 is 1.21 bits per heavy atom. The fraction of sp³-hybridized carbons (Fsp3) is 0.300. The van der Waals surface area contributed by atoms with Crippen LogP contribution in [0.2, 0.25) is 0 Å². The van der Waals surface area contributed by atoms with Crippen molar-refractivity contribution < 1.29 is 14.3 Å². The summed E-state index contributed by atoms with van der Waals surface area (Å²) in [7, 11) is 0. The fourth-order valence-electron chi connectivity index (χ4n) is 3.25. The zero-order chi connectivity index (χ0) is 20.2. The molecule has 2 unspecified atom stereocenters. The van der Waals surface area contributed by atoms with E-state index < -0.39 is 6.04 Å². The summed E-state index contributed by atoms with van der Waals surface area (Å²) in [5, 5.41) is 14.4. The van der Waals surface area contributed by atoms with Gasteiger partial charge in [0.25, 0.3) is 0 Å². The SMILES string of the molecule is CC(NC(=O)C(Cc1ccccc1)n1cnnn1)c1cc2c(cc1Br)OCCO2. The first kappa shape index (κ1) is 19.4. The predicted octanol–water partition coefficient (Wildman–Crippen LogP) is 2.87. The average molecular weight is 458 g/mol. The number of hydrogen-bond donors (Lipinski definition) is 1. The van der Waals surface area contributed by atoms with Gasteiger partial charge >= 0.3 is 0 Å². The van der Waals surface area contributed by atoms with E-state index in [1.165, 1.54) is 11.0 Å². The third kappa shape index (κ3) is 4.40. The van der Waals surface area contributed by atoms with Crippen LogP contribution < -0.4 is 14.8 Å². The summed E-state index contributed by atoms with van der Waals surface area (Å²) in [5.41, 5.74) is 1.93. The number of carbonyl (C=O) groups is 1. The van der Waals surface area contributed by atoms with Crippen LogP contribution in [-0.2, 0) is 11.2 Å². The first-order valence-corrected chi connectivity index (χ1v) is 10.1. The molecule has 2 atom stereocenters. The number of halogens is 1. The van der Waals surface area contributed by atoms with Crippen molar-refractivity contribution in [1.82, 2.24) is 25.5 Å². The number of nitrogens with zero attached hydrogens (tertiary/aromatic N) is 4. The molecule has 1 N–H and O–H groups in total. The van der Waals surface area contributed by atoms with Crippen molar-refractivity contribution in [1.29, 1.82) is 0 Å². The van der Waals surface area contributed by atoms with Gasteiger partial charge in [0.05, 0.1) is 6.04 Å². The molecule has 4 rings (SSSR count). The Balaban J connectivity index is 1.54. The molecule has 0 spiro atoms. The van der Waals surface area contributed by atoms with E-state index in [-0.39, 0.29) is 11.9 Å². The van der Waals surface area contributed by atoms with Crippen molar-refractivity contribution in [3.63, 3.8) is 0 Å². The second-order valence-electron chi connectivity index (χ2n) is 6.74. The van der Waals surface area contributed by atoms with E-state index in [0.717, 1.165) is 15.6 Å². The summed E-state index contributed by atoms with van der Waals surface area (Å²) in [6.45, 7) is 2.96. The highest BCUT2D eigenvalue weighted by molar-refractivity contribution is 9.10. The monoisotopic (exact) mass is 457 g/mol. The third-order valence-electron chi connectivity index (χ3n) is 4.75. The summed E-state index contributed by atoms with van der Waals surface area (Å²) in [4.78, 5) is 13.1. The Morgan fingerprint density at radius 2 is 1.93 bits per heavy atom. The number of aromatic nitrogens is 4. The topological polar surface area (TPSA) is 91.2 Å². The Hall–Kier alpha value is -2.94. The molecule has 150 valence electrons. The highest BCUT2D eigenvalue weighted by atomic mass is 79.9. The van der Waals surface area contributed by atoms with Gasteiger partial charge in [0.15, 0.2) is 11.5 Å². The summed E-state index contributed by atoms with van der Waals surface area (Å²) < 4.78 is 13.6. The minimum Gasteiger partial charge on any atom is -0.486 e. The van der Waals surface area contributed by atoms with Gasteiger partial charge in [-0.2, -0.15) is 0 Å². The van der Waals surface area contributed by atoms with Gasteiger partial charge in [-0.1, -0.05) is 46.3 Å². The molecule has 1 aliphatic heterocycles. The lowest BCUT2D eigenvalue weighted by Crippen LogP contribution is -2.36. The van der Waals surface area contributed by atoms with Crippen molar-refractivity contribution in [2.24, 2.45) is 0 Å². The van der Waals surface area contributed by atoms with E-state index >= 15 is 0 Å². The lowest BCUT2D eigenvalue weighted by molar-refractivity contribution is -0.125. The molecule has 0 fully saturated rings. The fourth-order valence-corrected chi connectivity index (χ4v) is 3.92. The van der Waals surface area contributed by atoms with Crippen molar-refractivity contribution in [3.05, 3.63) is 64.4 Å². The quantitative estimate of drug-likeness (QED) is 0.611. The Morgan fingerprint density at radius 3 is 2.62 bits per heavy atom. The van der Waals surface area contributed by atoms with E-state index in [2.05, 4.69) is 36.8 Å². The lowest BCUT2D eigenvalue weighted by Gasteiger charge is -2.24. The molecule has 1 aliphatic rings. The molecule has 0 saturated heterocycles. The van der Waals surface area contributed by atoms with Crippen LogP contribution in [0.5, 0.6) is 11.5 Å². The number of fused-ring (bicyclic) bond motifs is 1. The minimum atomic E-state index is -0.564. The first-order valence-electron chi connectivity index (χ1n) is 9.27. The van der Waals surface area contributed by atoms with Crippen LogP contribution in [0.4, 0.5) is 0 Å². The molecule has 0 aliphatic carbocycles. The standard InChI is InChI=1S/C20H20BrN5O3/c1-13(15-10-18-19(11-16(15)21)29-8-7-28-18)23-20(27)17(26-12-22-24-25-26)9-14-5-3-2-4-6-14/h2-6,10-13,17H,7-9H2,1H3,(H,23,27). The van der Waals surface area contributed by atoms with Gasteiger partial charge in [0.2, 0.25) is 5.91 Å². The maximum absolute atomic E-state index is 13.1. The zero-order valence-corrected chi connectivity index (χ0v) is 17.4. The average Bonchev–Trinajstić information content (AvgIpc) is 3.26. The molecule has 1 amide bonds. The number of nitrogens with one attached hydrogen (secondary N) is 1. The van der Waals surface area contributed by atoms with Gasteiger partial charge in [-0.15, -0.1) is 5.10 Å². The van der Waals surface area contributed by atoms with Gasteiger partial charge in [-0.3, -0.25) is 4.79 Å². The molecule has 2 aromatic carbocycles. The maximum Gasteiger partial charge on any atom is 0.245 e. The third-order valence-corrected chi connectivity index (χ3v) is 5.43. The lowest BCUT2D eigenvalue weighted by atomic mass is 10.0. The number of rotatable bonds is 6. The Labute approximate surface area is 176 Å². The largest absolute Gasteiger partial charge is 0.486 e. The molecule has 9 heteroatoms. The summed E-state index contributed by atoms with van der Waals surface area (Å²) >= 11 is 3.57. The van der Waals surface area contributed by atoms with E-state index in [1.54, 1.807) is 0 Å². The van der Waals surface area contributed by atoms with Crippen molar-refractivity contribution >= 4 is 21.8 Å². The summed E-state index contributed by atoms with van der Waals surface area (Å²) in [6, 6.07) is 12.7. The highest BCUT2D eigenvalue weighted by Gasteiger charge is 2.25. The van der Waals surface area contributed by atoms with Gasteiger partial charge in [-0.05, 0) is 40.6 Å². The number of hydrogen-bond acceptors (Lipinski definition) is 6. The number of ether oxygens (including phenoxy) is 2. The van der Waals surface area contributed by atoms with Crippen LogP contribution >= 0.6 is 15.9 Å². The maximum atomic E-state index is 13.1. The summed E-state index contributed by atoms with van der Waals surface area (Å²) in [6.07, 6.45) is 1.94. The molecule has 0 radical (unpaired) electrons. The predicted molar refractivity (Wildman–Crippen MR) is 109 cm³/mol. The molecule has 2 heterocycles. The van der Waals surface area contributed by atoms with E-state index in [0.29, 0.717) is 31.1 Å². The van der Waals surface area contributed by atoms with Crippen molar-refractivity contribution in [2.45, 2.75) is 25.4 Å². The van der Waals surface area contributed by atoms with E-state index in [9.17, 15) is 4.79 Å². The first-order chi connectivity index (χ1) is 14.1. The number of amides is 1. The van der Waals surface area contributed by atoms with Crippen LogP contribution in [0.1, 0.15) is 30.1 Å². The van der Waals surface area contributed by atoms with E-state index in [1.807, 2.05) is 49.4 Å². The highest BCUT2D eigenvalue weighted by Crippen LogP contribution is 2.37. The van der Waals surface area contributed by atoms with Crippen LogP contribution in [0.25, 0.3) is 0 Å². The second kappa shape index (κ2) is 8.60. The molecule has 1 aromatic heterocycles. The van der Waals surface area contributed by atoms with Crippen LogP contribution in [0, 0.1) is 0 Å². The Bertz CT molecular complexity index is 981. The van der Waals surface area contributed by atoms with Gasteiger partial charge in [0.1, 0.15) is 25.6 Å². The molecule has 8 nitrogen and oxygen atoms in total. The van der Waals surface area contributed by atoms with Gasteiger partial charge in [-0.25, -0.2) is 4.68 Å². The minimum absolute atomic E-state index is 0.171. The van der Waals surface area contributed by atoms with Crippen molar-refractivity contribution in [3.8, 4) is 11.5 Å². The molecule has 0 saturated carbocycles. The molecule has 0 bridgehead atoms. The molecule has 3 aromatic rings. The van der Waals surface area contributed by atoms with Gasteiger partial charge in [0, 0.05) is 10.9 Å². The number of carbonyl (C=O) groups excluding carboxylic acids is 1.